The van der Waals surface area contributed by atoms with E-state index >= 15 is 0 Å². The molecule has 0 saturated carbocycles. The molecule has 3 unspecified atom stereocenters. The number of ether oxygens (including phenoxy) is 1. The van der Waals surface area contributed by atoms with Gasteiger partial charge >= 0.3 is 0 Å². The van der Waals surface area contributed by atoms with Gasteiger partial charge in [0, 0.05) is 6.04 Å². The van der Waals surface area contributed by atoms with Gasteiger partial charge in [-0.1, -0.05) is 19.1 Å². The van der Waals surface area contributed by atoms with Gasteiger partial charge in [-0.05, 0) is 80.6 Å². The van der Waals surface area contributed by atoms with E-state index in [1.807, 2.05) is 38.2 Å². The molecule has 1 aliphatic rings. The van der Waals surface area contributed by atoms with Gasteiger partial charge in [-0.15, -0.1) is 6.58 Å². The number of hydrogen-bond donors (Lipinski definition) is 3. The Bertz CT molecular complexity index is 546. The molecule has 0 radical (unpaired) electrons. The minimum Gasteiger partial charge on any atom is -0.497 e. The highest BCUT2D eigenvalue weighted by atomic mass is 16.5. The van der Waals surface area contributed by atoms with Crippen LogP contribution in [0.25, 0.3) is 0 Å². The summed E-state index contributed by atoms with van der Waals surface area (Å²) in [7, 11) is 1.64. The van der Waals surface area contributed by atoms with Crippen LogP contribution in [0.2, 0.25) is 0 Å². The van der Waals surface area contributed by atoms with Gasteiger partial charge in [0.05, 0.1) is 13.2 Å². The summed E-state index contributed by atoms with van der Waals surface area (Å²) >= 11 is 0. The van der Waals surface area contributed by atoms with Gasteiger partial charge in [0.15, 0.2) is 0 Å². The third-order valence-electron chi connectivity index (χ3n) is 4.95. The van der Waals surface area contributed by atoms with Crippen molar-refractivity contribution < 1.29 is 9.84 Å². The summed E-state index contributed by atoms with van der Waals surface area (Å²) in [5, 5.41) is 14.4. The maximum Gasteiger partial charge on any atom is 0.118 e. The van der Waals surface area contributed by atoms with E-state index < -0.39 is 6.10 Å². The third kappa shape index (κ3) is 6.22. The zero-order chi connectivity index (χ0) is 18.8. The molecule has 1 aliphatic heterocycles. The molecule has 1 fully saturated rings. The number of allylic oxidation sites excluding steroid dienone is 5. The number of rotatable bonds is 8. The van der Waals surface area contributed by atoms with Gasteiger partial charge in [0.2, 0.25) is 0 Å². The summed E-state index contributed by atoms with van der Waals surface area (Å²) in [5.74, 6) is 1.73. The molecule has 4 nitrogen and oxygen atoms in total. The van der Waals surface area contributed by atoms with Crippen molar-refractivity contribution in [3.05, 3.63) is 60.1 Å². The number of methoxy groups -OCH3 is 1. The van der Waals surface area contributed by atoms with Crippen LogP contribution >= 0.6 is 0 Å². The van der Waals surface area contributed by atoms with E-state index in [1.165, 1.54) is 6.20 Å². The topological polar surface area (TPSA) is 67.5 Å². The van der Waals surface area contributed by atoms with Crippen LogP contribution in [0.15, 0.2) is 60.1 Å². The van der Waals surface area contributed by atoms with Crippen LogP contribution in [0.1, 0.15) is 33.6 Å². The molecule has 0 aliphatic carbocycles. The van der Waals surface area contributed by atoms with Crippen molar-refractivity contribution in [2.24, 2.45) is 17.6 Å². The Morgan fingerprint density at radius 2 is 2.12 bits per heavy atom. The first-order valence-corrected chi connectivity index (χ1v) is 8.99. The Kier molecular flexibility index (Phi) is 9.32. The van der Waals surface area contributed by atoms with E-state index in [0.29, 0.717) is 11.8 Å². The summed E-state index contributed by atoms with van der Waals surface area (Å²) in [6, 6.07) is 0.00316. The summed E-state index contributed by atoms with van der Waals surface area (Å²) in [4.78, 5) is 0. The van der Waals surface area contributed by atoms with Gasteiger partial charge in [0.25, 0.3) is 0 Å². The normalized spacial score (nSPS) is 25.7. The molecule has 4 heteroatoms. The summed E-state index contributed by atoms with van der Waals surface area (Å²) in [6.45, 7) is 10.9. The second-order valence-corrected chi connectivity index (χ2v) is 6.63. The zero-order valence-electron chi connectivity index (χ0n) is 16.0. The molecule has 4 atom stereocenters. The second kappa shape index (κ2) is 11.0. The molecule has 0 spiro atoms. The van der Waals surface area contributed by atoms with Crippen molar-refractivity contribution in [3.63, 3.8) is 0 Å². The molecule has 0 aromatic heterocycles. The van der Waals surface area contributed by atoms with Gasteiger partial charge in [-0.25, -0.2) is 0 Å². The van der Waals surface area contributed by atoms with Crippen LogP contribution in [-0.2, 0) is 4.74 Å². The quantitative estimate of drug-likeness (QED) is 0.358. The van der Waals surface area contributed by atoms with Crippen LogP contribution in [0.3, 0.4) is 0 Å². The van der Waals surface area contributed by atoms with Gasteiger partial charge in [-0.3, -0.25) is 0 Å². The SMILES string of the molecule is C=CC(C)C1CCNC([C@H](O)C(/C=C\N)=C(C)\C=C(/C=C\C)OC)C1. The van der Waals surface area contributed by atoms with E-state index in [4.69, 9.17) is 10.5 Å². The lowest BCUT2D eigenvalue weighted by atomic mass is 9.80. The highest BCUT2D eigenvalue weighted by molar-refractivity contribution is 5.38. The molecular formula is C21H34N2O2. The van der Waals surface area contributed by atoms with Crippen molar-refractivity contribution in [1.82, 2.24) is 5.32 Å². The van der Waals surface area contributed by atoms with Crippen molar-refractivity contribution in [2.45, 2.75) is 45.8 Å². The van der Waals surface area contributed by atoms with Crippen LogP contribution in [0, 0.1) is 11.8 Å². The van der Waals surface area contributed by atoms with E-state index in [1.54, 1.807) is 13.2 Å². The maximum atomic E-state index is 11.0. The fourth-order valence-electron chi connectivity index (χ4n) is 3.31. The van der Waals surface area contributed by atoms with Crippen LogP contribution in [0.5, 0.6) is 0 Å². The zero-order valence-corrected chi connectivity index (χ0v) is 16.0. The molecule has 0 amide bonds. The highest BCUT2D eigenvalue weighted by Gasteiger charge is 2.30. The first-order chi connectivity index (χ1) is 12.0. The lowest BCUT2D eigenvalue weighted by molar-refractivity contribution is 0.120. The van der Waals surface area contributed by atoms with Crippen LogP contribution < -0.4 is 11.1 Å². The molecule has 1 rings (SSSR count). The average Bonchev–Trinajstić information content (AvgIpc) is 2.64. The molecule has 25 heavy (non-hydrogen) atoms. The van der Waals surface area contributed by atoms with Crippen molar-refractivity contribution >= 4 is 0 Å². The Morgan fingerprint density at radius 1 is 1.40 bits per heavy atom. The van der Waals surface area contributed by atoms with Crippen molar-refractivity contribution in [3.8, 4) is 0 Å². The number of nitrogens with two attached hydrogens (primary N) is 1. The van der Waals surface area contributed by atoms with E-state index in [2.05, 4.69) is 18.8 Å². The third-order valence-corrected chi connectivity index (χ3v) is 4.95. The number of aliphatic hydroxyl groups is 1. The Labute approximate surface area is 152 Å². The van der Waals surface area contributed by atoms with Crippen LogP contribution in [-0.4, -0.2) is 30.9 Å². The monoisotopic (exact) mass is 346 g/mol. The predicted molar refractivity (Wildman–Crippen MR) is 106 cm³/mol. The molecule has 1 heterocycles. The predicted octanol–water partition coefficient (Wildman–Crippen LogP) is 3.43. The van der Waals surface area contributed by atoms with Gasteiger partial charge in [-0.2, -0.15) is 0 Å². The Balaban J connectivity index is 3.08. The number of piperidine rings is 1. The smallest absolute Gasteiger partial charge is 0.118 e. The molecule has 0 bridgehead atoms. The second-order valence-electron chi connectivity index (χ2n) is 6.63. The minimum absolute atomic E-state index is 0.00316. The van der Waals surface area contributed by atoms with E-state index in [9.17, 15) is 5.11 Å². The minimum atomic E-state index is -0.625. The highest BCUT2D eigenvalue weighted by Crippen LogP contribution is 2.29. The molecule has 140 valence electrons. The average molecular weight is 347 g/mol. The van der Waals surface area contributed by atoms with E-state index in [0.717, 1.165) is 36.3 Å². The Hall–Kier alpha value is -1.78. The summed E-state index contributed by atoms with van der Waals surface area (Å²) in [6.07, 6.45) is 12.4. The largest absolute Gasteiger partial charge is 0.497 e. The standard InChI is InChI=1S/C21H34N2O2/c1-6-8-18(25-5)13-16(4)19(9-11-22)21(24)20-14-17(10-12-23-20)15(3)7-2/h6-9,11,13,15,17,20-21,23-24H,2,10,12,14,22H2,1,3-5H3/b8-6-,11-9-,18-13+,19-16-/t15?,17?,20?,21-/m1/s1. The first kappa shape index (κ1) is 21.3. The number of hydrogen-bond acceptors (Lipinski definition) is 4. The summed E-state index contributed by atoms with van der Waals surface area (Å²) < 4.78 is 5.35. The lowest BCUT2D eigenvalue weighted by Crippen LogP contribution is -2.47. The molecule has 0 aromatic rings. The molecule has 4 N–H and O–H groups in total. The number of aliphatic hydroxyl groups excluding tert-OH is 1. The lowest BCUT2D eigenvalue weighted by Gasteiger charge is -2.36. The Morgan fingerprint density at radius 3 is 2.68 bits per heavy atom. The van der Waals surface area contributed by atoms with Gasteiger partial charge in [0.1, 0.15) is 5.76 Å². The molecule has 1 saturated heterocycles. The molecule has 0 aromatic carbocycles. The maximum absolute atomic E-state index is 11.0. The van der Waals surface area contributed by atoms with Gasteiger partial charge < -0.3 is 20.9 Å². The summed E-state index contributed by atoms with van der Waals surface area (Å²) in [5.41, 5.74) is 7.37. The number of nitrogens with one attached hydrogen (secondary N) is 1. The van der Waals surface area contributed by atoms with Crippen molar-refractivity contribution in [2.75, 3.05) is 13.7 Å². The fraction of sp³-hybridized carbons (Fsp3) is 0.524. The van der Waals surface area contributed by atoms with Crippen molar-refractivity contribution in [1.29, 1.82) is 0 Å². The molecular weight excluding hydrogens is 312 g/mol. The first-order valence-electron chi connectivity index (χ1n) is 8.99. The van der Waals surface area contributed by atoms with E-state index in [-0.39, 0.29) is 6.04 Å². The fourth-order valence-corrected chi connectivity index (χ4v) is 3.31. The van der Waals surface area contributed by atoms with Crippen LogP contribution in [0.4, 0.5) is 0 Å².